The van der Waals surface area contributed by atoms with Crippen LogP contribution in [0.25, 0.3) is 0 Å². The minimum Gasteiger partial charge on any atom is -0.494 e. The van der Waals surface area contributed by atoms with Crippen LogP contribution in [-0.4, -0.2) is 42.2 Å². The maximum Gasteiger partial charge on any atom is 0.254 e. The van der Waals surface area contributed by atoms with Crippen molar-refractivity contribution in [1.82, 2.24) is 4.90 Å². The maximum absolute atomic E-state index is 13.6. The van der Waals surface area contributed by atoms with Gasteiger partial charge in [-0.25, -0.2) is 4.39 Å². The van der Waals surface area contributed by atoms with Gasteiger partial charge >= 0.3 is 0 Å². The number of ether oxygens (including phenoxy) is 1. The summed E-state index contributed by atoms with van der Waals surface area (Å²) in [6, 6.07) is 4.14. The average molecular weight is 267 g/mol. The number of amides is 1. The molecule has 1 aromatic carbocycles. The molecule has 0 spiro atoms. The van der Waals surface area contributed by atoms with E-state index in [4.69, 9.17) is 4.74 Å². The Labute approximate surface area is 111 Å². The standard InChI is InChI=1S/C14H18FNO3/c1-9-5-6-16(8-12(9)17)14(18)10-3-4-13(19-2)11(15)7-10/h3-4,7,9,12,17H,5-6,8H2,1-2H3. The Morgan fingerprint density at radius 1 is 1.53 bits per heavy atom. The summed E-state index contributed by atoms with van der Waals surface area (Å²) < 4.78 is 18.4. The molecule has 2 atom stereocenters. The van der Waals surface area contributed by atoms with Gasteiger partial charge in [0.1, 0.15) is 0 Å². The third kappa shape index (κ3) is 2.87. The van der Waals surface area contributed by atoms with Gasteiger partial charge in [-0.2, -0.15) is 0 Å². The Hall–Kier alpha value is -1.62. The number of aliphatic hydroxyl groups is 1. The molecule has 0 aromatic heterocycles. The van der Waals surface area contributed by atoms with Crippen LogP contribution in [0.1, 0.15) is 23.7 Å². The van der Waals surface area contributed by atoms with E-state index in [1.807, 2.05) is 6.92 Å². The van der Waals surface area contributed by atoms with Crippen LogP contribution in [0.3, 0.4) is 0 Å². The van der Waals surface area contributed by atoms with Crippen LogP contribution in [0, 0.1) is 11.7 Å². The number of carbonyl (C=O) groups is 1. The highest BCUT2D eigenvalue weighted by Crippen LogP contribution is 2.22. The number of halogens is 1. The monoisotopic (exact) mass is 267 g/mol. The van der Waals surface area contributed by atoms with Gasteiger partial charge in [-0.15, -0.1) is 0 Å². The lowest BCUT2D eigenvalue weighted by molar-refractivity contribution is 0.0248. The number of piperidine rings is 1. The van der Waals surface area contributed by atoms with Crippen molar-refractivity contribution < 1.29 is 19.0 Å². The number of carbonyl (C=O) groups excluding carboxylic acids is 1. The normalized spacial score (nSPS) is 23.3. The Balaban J connectivity index is 2.13. The minimum atomic E-state index is -0.556. The van der Waals surface area contributed by atoms with E-state index in [1.54, 1.807) is 4.90 Å². The zero-order chi connectivity index (χ0) is 14.0. The Bertz CT molecular complexity index is 478. The molecule has 0 radical (unpaired) electrons. The molecule has 0 saturated carbocycles. The van der Waals surface area contributed by atoms with E-state index in [-0.39, 0.29) is 23.1 Å². The van der Waals surface area contributed by atoms with E-state index in [1.165, 1.54) is 25.3 Å². The second kappa shape index (κ2) is 5.57. The minimum absolute atomic E-state index is 0.115. The lowest BCUT2D eigenvalue weighted by Gasteiger charge is -2.34. The Morgan fingerprint density at radius 2 is 2.26 bits per heavy atom. The molecule has 0 bridgehead atoms. The molecule has 1 fully saturated rings. The zero-order valence-corrected chi connectivity index (χ0v) is 11.1. The van der Waals surface area contributed by atoms with Gasteiger partial charge in [0.2, 0.25) is 0 Å². The smallest absolute Gasteiger partial charge is 0.254 e. The van der Waals surface area contributed by atoms with E-state index in [2.05, 4.69) is 0 Å². The van der Waals surface area contributed by atoms with Gasteiger partial charge in [-0.1, -0.05) is 6.92 Å². The predicted octanol–water partition coefficient (Wildman–Crippen LogP) is 1.68. The summed E-state index contributed by atoms with van der Waals surface area (Å²) in [6.45, 7) is 2.85. The molecule has 0 aliphatic carbocycles. The predicted molar refractivity (Wildman–Crippen MR) is 68.6 cm³/mol. The van der Waals surface area contributed by atoms with Crippen LogP contribution in [0.2, 0.25) is 0 Å². The molecule has 2 rings (SSSR count). The number of β-amino-alcohol motifs (C(OH)–C–C–N with tert-alkyl or cyclic N) is 1. The number of likely N-dealkylation sites (tertiary alicyclic amines) is 1. The molecule has 1 saturated heterocycles. The van der Waals surface area contributed by atoms with Crippen LogP contribution >= 0.6 is 0 Å². The molecule has 1 aromatic rings. The molecule has 1 heterocycles. The van der Waals surface area contributed by atoms with E-state index >= 15 is 0 Å². The number of nitrogens with zero attached hydrogens (tertiary/aromatic N) is 1. The SMILES string of the molecule is COc1ccc(C(=O)N2CCC(C)C(O)C2)cc1F. The highest BCUT2D eigenvalue weighted by molar-refractivity contribution is 5.94. The number of methoxy groups -OCH3 is 1. The van der Waals surface area contributed by atoms with E-state index in [0.717, 1.165) is 6.42 Å². The van der Waals surface area contributed by atoms with Crippen LogP contribution in [0.5, 0.6) is 5.75 Å². The first-order chi connectivity index (χ1) is 9.02. The maximum atomic E-state index is 13.6. The first-order valence-electron chi connectivity index (χ1n) is 6.33. The molecule has 1 amide bonds. The van der Waals surface area contributed by atoms with E-state index in [9.17, 15) is 14.3 Å². The van der Waals surface area contributed by atoms with E-state index < -0.39 is 11.9 Å². The van der Waals surface area contributed by atoms with Crippen molar-refractivity contribution >= 4 is 5.91 Å². The van der Waals surface area contributed by atoms with Crippen LogP contribution in [0.4, 0.5) is 4.39 Å². The molecule has 104 valence electrons. The summed E-state index contributed by atoms with van der Waals surface area (Å²) in [5, 5.41) is 9.79. The van der Waals surface area contributed by atoms with Gasteiger partial charge in [-0.05, 0) is 30.5 Å². The van der Waals surface area contributed by atoms with Crippen molar-refractivity contribution in [3.8, 4) is 5.75 Å². The molecule has 4 nitrogen and oxygen atoms in total. The largest absolute Gasteiger partial charge is 0.494 e. The molecular weight excluding hydrogens is 249 g/mol. The number of benzene rings is 1. The summed E-state index contributed by atoms with van der Waals surface area (Å²) in [4.78, 5) is 13.8. The van der Waals surface area contributed by atoms with Crippen LogP contribution < -0.4 is 4.74 Å². The topological polar surface area (TPSA) is 49.8 Å². The third-order valence-corrected chi connectivity index (χ3v) is 3.60. The summed E-state index contributed by atoms with van der Waals surface area (Å²) >= 11 is 0. The third-order valence-electron chi connectivity index (χ3n) is 3.60. The number of hydrogen-bond acceptors (Lipinski definition) is 3. The van der Waals surface area contributed by atoms with Gasteiger partial charge in [0.25, 0.3) is 5.91 Å². The Kier molecular flexibility index (Phi) is 4.04. The molecule has 5 heteroatoms. The van der Waals surface area contributed by atoms with Crippen LogP contribution in [0.15, 0.2) is 18.2 Å². The summed E-state index contributed by atoms with van der Waals surface area (Å²) in [5.41, 5.74) is 0.278. The fraction of sp³-hybridized carbons (Fsp3) is 0.500. The van der Waals surface area contributed by atoms with Gasteiger partial charge in [0, 0.05) is 18.7 Å². The zero-order valence-electron chi connectivity index (χ0n) is 11.1. The fourth-order valence-electron chi connectivity index (χ4n) is 2.22. The highest BCUT2D eigenvalue weighted by atomic mass is 19.1. The second-order valence-electron chi connectivity index (χ2n) is 4.93. The van der Waals surface area contributed by atoms with Gasteiger partial charge in [-0.3, -0.25) is 4.79 Å². The quantitative estimate of drug-likeness (QED) is 0.887. The average Bonchev–Trinajstić information content (AvgIpc) is 2.41. The highest BCUT2D eigenvalue weighted by Gasteiger charge is 2.28. The Morgan fingerprint density at radius 3 is 2.84 bits per heavy atom. The first-order valence-corrected chi connectivity index (χ1v) is 6.33. The number of rotatable bonds is 2. The molecule has 1 aliphatic rings. The molecular formula is C14H18FNO3. The fourth-order valence-corrected chi connectivity index (χ4v) is 2.22. The molecule has 1 aliphatic heterocycles. The summed E-state index contributed by atoms with van der Waals surface area (Å²) in [5.74, 6) is -0.507. The van der Waals surface area contributed by atoms with Crippen molar-refractivity contribution in [2.75, 3.05) is 20.2 Å². The first kappa shape index (κ1) is 13.8. The lowest BCUT2D eigenvalue weighted by Crippen LogP contribution is -2.45. The van der Waals surface area contributed by atoms with Crippen molar-refractivity contribution in [3.05, 3.63) is 29.6 Å². The van der Waals surface area contributed by atoms with E-state index in [0.29, 0.717) is 13.1 Å². The number of aliphatic hydroxyl groups excluding tert-OH is 1. The van der Waals surface area contributed by atoms with Gasteiger partial charge in [0.15, 0.2) is 11.6 Å². The van der Waals surface area contributed by atoms with Crippen LogP contribution in [-0.2, 0) is 0 Å². The van der Waals surface area contributed by atoms with Crippen molar-refractivity contribution in [3.63, 3.8) is 0 Å². The van der Waals surface area contributed by atoms with Crippen molar-refractivity contribution in [1.29, 1.82) is 0 Å². The molecule has 19 heavy (non-hydrogen) atoms. The lowest BCUT2D eigenvalue weighted by atomic mass is 9.95. The molecule has 2 unspecified atom stereocenters. The second-order valence-corrected chi connectivity index (χ2v) is 4.93. The number of hydrogen-bond donors (Lipinski definition) is 1. The summed E-state index contributed by atoms with van der Waals surface area (Å²) in [6.07, 6.45) is 0.242. The van der Waals surface area contributed by atoms with Crippen molar-refractivity contribution in [2.45, 2.75) is 19.4 Å². The van der Waals surface area contributed by atoms with Crippen molar-refractivity contribution in [2.24, 2.45) is 5.92 Å². The van der Waals surface area contributed by atoms with Gasteiger partial charge in [0.05, 0.1) is 13.2 Å². The summed E-state index contributed by atoms with van der Waals surface area (Å²) in [7, 11) is 1.38. The molecule has 1 N–H and O–H groups in total. The van der Waals surface area contributed by atoms with Gasteiger partial charge < -0.3 is 14.7 Å².